The number of carbonyl (C=O) groups excluding carboxylic acids is 1. The summed E-state index contributed by atoms with van der Waals surface area (Å²) in [6.07, 6.45) is 7.13. The number of hydrogen-bond donors (Lipinski definition) is 2. The summed E-state index contributed by atoms with van der Waals surface area (Å²) in [4.78, 5) is 16.3. The Balaban J connectivity index is 1.44. The van der Waals surface area contributed by atoms with Gasteiger partial charge in [-0.1, -0.05) is 30.7 Å². The van der Waals surface area contributed by atoms with Gasteiger partial charge >= 0.3 is 0 Å². The van der Waals surface area contributed by atoms with Gasteiger partial charge in [0.15, 0.2) is 0 Å². The first-order chi connectivity index (χ1) is 11.8. The fraction of sp³-hybridized carbons (Fsp3) is 0.400. The molecule has 4 nitrogen and oxygen atoms in total. The number of fused-ring (bicyclic) bond motifs is 1. The third-order valence-corrected chi connectivity index (χ3v) is 5.21. The highest BCUT2D eigenvalue weighted by atomic mass is 16.1. The molecule has 2 aliphatic rings. The number of nitrogens with one attached hydrogen (secondary N) is 2. The lowest BCUT2D eigenvalue weighted by atomic mass is 9.80. The van der Waals surface area contributed by atoms with Gasteiger partial charge in [0, 0.05) is 19.2 Å². The number of rotatable bonds is 4. The molecule has 0 radical (unpaired) electrons. The van der Waals surface area contributed by atoms with Gasteiger partial charge in [0.1, 0.15) is 0 Å². The first-order valence-electron chi connectivity index (χ1n) is 8.86. The van der Waals surface area contributed by atoms with Crippen LogP contribution in [0.5, 0.6) is 0 Å². The molecule has 1 atom stereocenters. The molecule has 4 heteroatoms. The van der Waals surface area contributed by atoms with E-state index in [1.54, 1.807) is 6.20 Å². The minimum absolute atomic E-state index is 0.0680. The lowest BCUT2D eigenvalue weighted by Crippen LogP contribution is -2.21. The van der Waals surface area contributed by atoms with Crippen molar-refractivity contribution in [1.29, 1.82) is 0 Å². The van der Waals surface area contributed by atoms with Crippen LogP contribution in [0, 0.1) is 0 Å². The number of benzene rings is 1. The van der Waals surface area contributed by atoms with Gasteiger partial charge in [0.25, 0.3) is 0 Å². The molecule has 1 unspecified atom stereocenters. The Bertz CT molecular complexity index is 722. The maximum Gasteiger partial charge on any atom is 0.224 e. The van der Waals surface area contributed by atoms with Crippen LogP contribution < -0.4 is 10.6 Å². The quantitative estimate of drug-likeness (QED) is 0.897. The molecule has 1 amide bonds. The normalized spacial score (nSPS) is 20.7. The molecule has 2 N–H and O–H groups in total. The summed E-state index contributed by atoms with van der Waals surface area (Å²) >= 11 is 0. The monoisotopic (exact) mass is 321 g/mol. The van der Waals surface area contributed by atoms with Crippen LogP contribution >= 0.6 is 0 Å². The van der Waals surface area contributed by atoms with E-state index < -0.39 is 0 Å². The minimum atomic E-state index is 0.0680. The largest absolute Gasteiger partial charge is 0.324 e. The molecule has 4 rings (SSSR count). The number of carbonyl (C=O) groups is 1. The molecule has 1 saturated carbocycles. The number of aromatic nitrogens is 1. The summed E-state index contributed by atoms with van der Waals surface area (Å²) in [5, 5.41) is 6.52. The standard InChI is InChI=1S/C20H23N3O/c24-19-11-10-17(20-18(23-19)5-2-12-21-20)22-13-14-6-8-16(9-7-14)15-3-1-4-15/h2,5-9,12,15,17,22H,1,3-4,10-11,13H2,(H,23,24). The van der Waals surface area contributed by atoms with Crippen LogP contribution in [0.15, 0.2) is 42.6 Å². The molecule has 0 bridgehead atoms. The summed E-state index contributed by atoms with van der Waals surface area (Å²) in [7, 11) is 0. The third-order valence-electron chi connectivity index (χ3n) is 5.21. The fourth-order valence-corrected chi connectivity index (χ4v) is 3.51. The van der Waals surface area contributed by atoms with Crippen LogP contribution in [-0.4, -0.2) is 10.9 Å². The predicted molar refractivity (Wildman–Crippen MR) is 94.7 cm³/mol. The van der Waals surface area contributed by atoms with Crippen molar-refractivity contribution in [3.05, 3.63) is 59.4 Å². The Kier molecular flexibility index (Phi) is 4.30. The zero-order valence-corrected chi connectivity index (χ0v) is 13.8. The second kappa shape index (κ2) is 6.73. The fourth-order valence-electron chi connectivity index (χ4n) is 3.51. The molecule has 0 spiro atoms. The third kappa shape index (κ3) is 3.20. The average Bonchev–Trinajstić information content (AvgIpc) is 2.71. The van der Waals surface area contributed by atoms with Crippen molar-refractivity contribution >= 4 is 11.6 Å². The molecule has 1 fully saturated rings. The van der Waals surface area contributed by atoms with Crippen molar-refractivity contribution < 1.29 is 4.79 Å². The van der Waals surface area contributed by atoms with Crippen molar-refractivity contribution in [2.45, 2.75) is 50.6 Å². The maximum atomic E-state index is 11.8. The van der Waals surface area contributed by atoms with E-state index >= 15 is 0 Å². The van der Waals surface area contributed by atoms with Gasteiger partial charge in [-0.25, -0.2) is 0 Å². The van der Waals surface area contributed by atoms with Crippen LogP contribution in [0.25, 0.3) is 0 Å². The van der Waals surface area contributed by atoms with Gasteiger partial charge < -0.3 is 10.6 Å². The molecule has 124 valence electrons. The SMILES string of the molecule is O=C1CCC(NCc2ccc(C3CCC3)cc2)c2ncccc2N1. The lowest BCUT2D eigenvalue weighted by Gasteiger charge is -2.26. The van der Waals surface area contributed by atoms with Crippen LogP contribution in [0.4, 0.5) is 5.69 Å². The van der Waals surface area contributed by atoms with Crippen molar-refractivity contribution in [1.82, 2.24) is 10.3 Å². The van der Waals surface area contributed by atoms with Crippen molar-refractivity contribution in [3.8, 4) is 0 Å². The highest BCUT2D eigenvalue weighted by Gasteiger charge is 2.23. The highest BCUT2D eigenvalue weighted by molar-refractivity contribution is 5.92. The highest BCUT2D eigenvalue weighted by Crippen LogP contribution is 2.36. The second-order valence-electron chi connectivity index (χ2n) is 6.83. The Morgan fingerprint density at radius 1 is 1.12 bits per heavy atom. The van der Waals surface area contributed by atoms with Crippen molar-refractivity contribution in [2.24, 2.45) is 0 Å². The topological polar surface area (TPSA) is 54.0 Å². The molecule has 2 aromatic rings. The Labute approximate surface area is 142 Å². The second-order valence-corrected chi connectivity index (χ2v) is 6.83. The van der Waals surface area contributed by atoms with Gasteiger partial charge in [0.2, 0.25) is 5.91 Å². The number of anilines is 1. The average molecular weight is 321 g/mol. The molecule has 1 aromatic carbocycles. The van der Waals surface area contributed by atoms with Crippen LogP contribution in [0.2, 0.25) is 0 Å². The van der Waals surface area contributed by atoms with Gasteiger partial charge in [-0.05, 0) is 48.4 Å². The smallest absolute Gasteiger partial charge is 0.224 e. The molecule has 24 heavy (non-hydrogen) atoms. The van der Waals surface area contributed by atoms with Crippen LogP contribution in [-0.2, 0) is 11.3 Å². The first kappa shape index (κ1) is 15.3. The number of nitrogens with zero attached hydrogens (tertiary/aromatic N) is 1. The van der Waals surface area contributed by atoms with Gasteiger partial charge in [-0.2, -0.15) is 0 Å². The van der Waals surface area contributed by atoms with Gasteiger partial charge in [-0.15, -0.1) is 0 Å². The molecule has 2 heterocycles. The lowest BCUT2D eigenvalue weighted by molar-refractivity contribution is -0.116. The summed E-state index contributed by atoms with van der Waals surface area (Å²) in [6.45, 7) is 0.791. The maximum absolute atomic E-state index is 11.8. The van der Waals surface area contributed by atoms with E-state index in [9.17, 15) is 4.79 Å². The zero-order valence-electron chi connectivity index (χ0n) is 13.8. The summed E-state index contributed by atoms with van der Waals surface area (Å²) < 4.78 is 0. The van der Waals surface area contributed by atoms with E-state index in [2.05, 4.69) is 39.9 Å². The molecular formula is C20H23N3O. The predicted octanol–water partition coefficient (Wildman–Crippen LogP) is 3.91. The van der Waals surface area contributed by atoms with E-state index in [0.29, 0.717) is 6.42 Å². The van der Waals surface area contributed by atoms with Gasteiger partial charge in [0.05, 0.1) is 17.4 Å². The van der Waals surface area contributed by atoms with E-state index in [1.165, 1.54) is 30.4 Å². The summed E-state index contributed by atoms with van der Waals surface area (Å²) in [5.74, 6) is 0.848. The van der Waals surface area contributed by atoms with E-state index in [-0.39, 0.29) is 11.9 Å². The van der Waals surface area contributed by atoms with E-state index in [1.807, 2.05) is 12.1 Å². The molecular weight excluding hydrogens is 298 g/mol. The molecule has 1 aliphatic carbocycles. The molecule has 1 aromatic heterocycles. The summed E-state index contributed by atoms with van der Waals surface area (Å²) in [5.41, 5.74) is 4.52. The molecule has 0 saturated heterocycles. The van der Waals surface area contributed by atoms with Crippen LogP contribution in [0.3, 0.4) is 0 Å². The summed E-state index contributed by atoms with van der Waals surface area (Å²) in [6, 6.07) is 12.9. The van der Waals surface area contributed by atoms with Gasteiger partial charge in [-0.3, -0.25) is 9.78 Å². The van der Waals surface area contributed by atoms with E-state index in [4.69, 9.17) is 0 Å². The Morgan fingerprint density at radius 3 is 2.71 bits per heavy atom. The number of pyridine rings is 1. The van der Waals surface area contributed by atoms with Crippen molar-refractivity contribution in [3.63, 3.8) is 0 Å². The zero-order chi connectivity index (χ0) is 16.4. The molecule has 1 aliphatic heterocycles. The Morgan fingerprint density at radius 2 is 1.96 bits per heavy atom. The minimum Gasteiger partial charge on any atom is -0.324 e. The first-order valence-corrected chi connectivity index (χ1v) is 8.86. The Hall–Kier alpha value is -2.20. The number of hydrogen-bond acceptors (Lipinski definition) is 3. The number of amides is 1. The van der Waals surface area contributed by atoms with Crippen LogP contribution in [0.1, 0.15) is 60.9 Å². The van der Waals surface area contributed by atoms with Crippen molar-refractivity contribution in [2.75, 3.05) is 5.32 Å². The van der Waals surface area contributed by atoms with E-state index in [0.717, 1.165) is 30.3 Å².